The maximum Gasteiger partial charge on any atom is 0.129 e. The Hall–Kier alpha value is -0.670. The lowest BCUT2D eigenvalue weighted by atomic mass is 9.55. The molecule has 2 fully saturated rings. The Morgan fingerprint density at radius 2 is 2.04 bits per heavy atom. The molecule has 4 rings (SSSR count). The molecule has 0 heterocycles. The predicted octanol–water partition coefficient (Wildman–Crippen LogP) is 4.72. The summed E-state index contributed by atoms with van der Waals surface area (Å²) in [5.74, 6) is 3.50. The Kier molecular flexibility index (Phi) is 3.92. The zero-order valence-electron chi connectivity index (χ0n) is 14.2. The van der Waals surface area contributed by atoms with Gasteiger partial charge in [-0.15, -0.1) is 11.8 Å². The van der Waals surface area contributed by atoms with Crippen molar-refractivity contribution in [2.75, 3.05) is 5.75 Å². The number of thioether (sulfide) groups is 1. The zero-order valence-corrected chi connectivity index (χ0v) is 15.0. The van der Waals surface area contributed by atoms with E-state index in [4.69, 9.17) is 0 Å². The van der Waals surface area contributed by atoms with E-state index in [1.165, 1.54) is 30.4 Å². The van der Waals surface area contributed by atoms with E-state index in [1.807, 2.05) is 6.07 Å². The molecule has 1 aromatic rings. The first-order valence-corrected chi connectivity index (χ1v) is 10.2. The van der Waals surface area contributed by atoms with Crippen LogP contribution in [-0.4, -0.2) is 22.1 Å². The average Bonchev–Trinajstić information content (AvgIpc) is 2.84. The molecule has 0 spiro atoms. The van der Waals surface area contributed by atoms with Gasteiger partial charge in [-0.25, -0.2) is 0 Å². The van der Waals surface area contributed by atoms with Gasteiger partial charge >= 0.3 is 0 Å². The standard InChI is InChI=1S/C20H28O2S/c1-3-23-18-11-15-12(10-17(18)21)4-5-14-13(15)8-9-20(2)16(14)6-7-19(20)22/h10-11,13-14,16,19,21-22H,3-9H2,1-2H3/t13-,14-,16-,19+,20-/m1/s1. The first kappa shape index (κ1) is 15.8. The SMILES string of the molecule is CCSc1cc2c(cc1O)CC[C@H]1[C@H]3CC[C@H](O)[C@]3(C)CC[C@@H]21. The molecule has 3 aliphatic carbocycles. The molecule has 0 amide bonds. The van der Waals surface area contributed by atoms with Crippen LogP contribution in [0.3, 0.4) is 0 Å². The van der Waals surface area contributed by atoms with Crippen LogP contribution >= 0.6 is 11.8 Å². The summed E-state index contributed by atoms with van der Waals surface area (Å²) in [7, 11) is 0. The highest BCUT2D eigenvalue weighted by atomic mass is 32.2. The molecule has 0 aliphatic heterocycles. The largest absolute Gasteiger partial charge is 0.507 e. The van der Waals surface area contributed by atoms with Gasteiger partial charge in [0.15, 0.2) is 0 Å². The molecule has 0 bridgehead atoms. The molecule has 23 heavy (non-hydrogen) atoms. The molecule has 3 heteroatoms. The van der Waals surface area contributed by atoms with Crippen LogP contribution in [-0.2, 0) is 6.42 Å². The summed E-state index contributed by atoms with van der Waals surface area (Å²) in [4.78, 5) is 1.05. The fourth-order valence-corrected chi connectivity index (χ4v) is 6.56. The van der Waals surface area contributed by atoms with Gasteiger partial charge in [0.25, 0.3) is 0 Å². The molecule has 2 nitrogen and oxygen atoms in total. The third kappa shape index (κ3) is 2.34. The number of hydrogen-bond acceptors (Lipinski definition) is 3. The Morgan fingerprint density at radius 3 is 2.83 bits per heavy atom. The topological polar surface area (TPSA) is 40.5 Å². The van der Waals surface area contributed by atoms with Gasteiger partial charge in [-0.1, -0.05) is 13.8 Å². The summed E-state index contributed by atoms with van der Waals surface area (Å²) in [6.07, 6.45) is 6.75. The highest BCUT2D eigenvalue weighted by Gasteiger charge is 2.54. The summed E-state index contributed by atoms with van der Waals surface area (Å²) < 4.78 is 0. The summed E-state index contributed by atoms with van der Waals surface area (Å²) in [5, 5.41) is 20.7. The Balaban J connectivity index is 1.70. The van der Waals surface area contributed by atoms with E-state index < -0.39 is 0 Å². The van der Waals surface area contributed by atoms with Crippen molar-refractivity contribution >= 4 is 11.8 Å². The number of hydrogen-bond donors (Lipinski definition) is 2. The second-order valence-electron chi connectivity index (χ2n) is 8.00. The lowest BCUT2D eigenvalue weighted by molar-refractivity contribution is -0.0226. The fourth-order valence-electron chi connectivity index (χ4n) is 5.83. The quantitative estimate of drug-likeness (QED) is 0.770. The van der Waals surface area contributed by atoms with E-state index in [2.05, 4.69) is 19.9 Å². The van der Waals surface area contributed by atoms with Crippen LogP contribution in [0.2, 0.25) is 0 Å². The zero-order chi connectivity index (χ0) is 16.2. The van der Waals surface area contributed by atoms with Gasteiger partial charge in [-0.2, -0.15) is 0 Å². The maximum atomic E-state index is 10.5. The fraction of sp³-hybridized carbons (Fsp3) is 0.700. The van der Waals surface area contributed by atoms with Gasteiger partial charge in [0, 0.05) is 4.90 Å². The molecule has 3 aliphatic rings. The summed E-state index contributed by atoms with van der Waals surface area (Å²) >= 11 is 1.74. The summed E-state index contributed by atoms with van der Waals surface area (Å²) in [6.45, 7) is 4.47. The van der Waals surface area contributed by atoms with Gasteiger partial charge in [0.05, 0.1) is 6.10 Å². The van der Waals surface area contributed by atoms with Crippen LogP contribution < -0.4 is 0 Å². The van der Waals surface area contributed by atoms with Crippen LogP contribution in [0.15, 0.2) is 17.0 Å². The van der Waals surface area contributed by atoms with E-state index in [1.54, 1.807) is 11.8 Å². The highest BCUT2D eigenvalue weighted by molar-refractivity contribution is 7.99. The number of phenols is 1. The van der Waals surface area contributed by atoms with E-state index in [0.29, 0.717) is 17.6 Å². The van der Waals surface area contributed by atoms with E-state index in [0.717, 1.165) is 35.8 Å². The number of aryl methyl sites for hydroxylation is 1. The summed E-state index contributed by atoms with van der Waals surface area (Å²) in [5.41, 5.74) is 3.01. The number of aliphatic hydroxyl groups is 1. The molecule has 2 N–H and O–H groups in total. The minimum Gasteiger partial charge on any atom is -0.507 e. The van der Waals surface area contributed by atoms with Crippen molar-refractivity contribution in [3.63, 3.8) is 0 Å². The normalized spacial score (nSPS) is 38.7. The molecule has 0 unspecified atom stereocenters. The molecule has 0 aromatic heterocycles. The monoisotopic (exact) mass is 332 g/mol. The van der Waals surface area contributed by atoms with Crippen LogP contribution in [0.1, 0.15) is 63.0 Å². The smallest absolute Gasteiger partial charge is 0.129 e. The first-order valence-electron chi connectivity index (χ1n) is 9.21. The van der Waals surface area contributed by atoms with Crippen LogP contribution in [0, 0.1) is 17.3 Å². The molecular formula is C20H28O2S. The number of fused-ring (bicyclic) bond motifs is 5. The van der Waals surface area contributed by atoms with Crippen molar-refractivity contribution in [3.05, 3.63) is 23.3 Å². The number of aromatic hydroxyl groups is 1. The second kappa shape index (κ2) is 5.70. The van der Waals surface area contributed by atoms with Gasteiger partial charge in [0.1, 0.15) is 5.75 Å². The maximum absolute atomic E-state index is 10.5. The number of benzene rings is 1. The Bertz CT molecular complexity index is 614. The van der Waals surface area contributed by atoms with E-state index in [9.17, 15) is 10.2 Å². The molecule has 2 saturated carbocycles. The second-order valence-corrected chi connectivity index (χ2v) is 9.31. The van der Waals surface area contributed by atoms with Crippen molar-refractivity contribution in [2.24, 2.45) is 17.3 Å². The molecule has 126 valence electrons. The van der Waals surface area contributed by atoms with Crippen LogP contribution in [0.25, 0.3) is 0 Å². The Labute approximate surface area is 143 Å². The third-order valence-electron chi connectivity index (χ3n) is 7.05. The van der Waals surface area contributed by atoms with Crippen molar-refractivity contribution in [2.45, 2.75) is 69.3 Å². The Morgan fingerprint density at radius 1 is 1.22 bits per heavy atom. The lowest BCUT2D eigenvalue weighted by Gasteiger charge is -2.50. The van der Waals surface area contributed by atoms with Gasteiger partial charge in [0.2, 0.25) is 0 Å². The third-order valence-corrected chi connectivity index (χ3v) is 7.98. The first-order chi connectivity index (χ1) is 11.0. The van der Waals surface area contributed by atoms with Crippen LogP contribution in [0.4, 0.5) is 0 Å². The number of rotatable bonds is 2. The number of aliphatic hydroxyl groups excluding tert-OH is 1. The van der Waals surface area contributed by atoms with E-state index >= 15 is 0 Å². The number of phenolic OH excluding ortho intramolecular Hbond substituents is 1. The van der Waals surface area contributed by atoms with Crippen molar-refractivity contribution in [3.8, 4) is 5.75 Å². The highest BCUT2D eigenvalue weighted by Crippen LogP contribution is 2.61. The molecule has 0 saturated heterocycles. The van der Waals surface area contributed by atoms with Gasteiger partial charge < -0.3 is 10.2 Å². The van der Waals surface area contributed by atoms with Gasteiger partial charge in [-0.3, -0.25) is 0 Å². The average molecular weight is 333 g/mol. The van der Waals surface area contributed by atoms with E-state index in [-0.39, 0.29) is 11.5 Å². The lowest BCUT2D eigenvalue weighted by Crippen LogP contribution is -2.43. The van der Waals surface area contributed by atoms with Crippen molar-refractivity contribution in [1.82, 2.24) is 0 Å². The van der Waals surface area contributed by atoms with Crippen LogP contribution in [0.5, 0.6) is 5.75 Å². The van der Waals surface area contributed by atoms with Gasteiger partial charge in [-0.05, 0) is 90.7 Å². The minimum atomic E-state index is -0.0964. The predicted molar refractivity (Wildman–Crippen MR) is 95.1 cm³/mol. The van der Waals surface area contributed by atoms with Crippen molar-refractivity contribution < 1.29 is 10.2 Å². The minimum absolute atomic E-state index is 0.0964. The molecule has 1 aromatic carbocycles. The van der Waals surface area contributed by atoms with Crippen molar-refractivity contribution in [1.29, 1.82) is 0 Å². The molecular weight excluding hydrogens is 304 g/mol. The molecule has 0 radical (unpaired) electrons. The summed E-state index contributed by atoms with van der Waals surface area (Å²) in [6, 6.07) is 4.31. The molecule has 5 atom stereocenters.